The zero-order valence-corrected chi connectivity index (χ0v) is 17.3. The van der Waals surface area contributed by atoms with E-state index < -0.39 is 0 Å². The van der Waals surface area contributed by atoms with Crippen LogP contribution in [0.4, 0.5) is 4.39 Å². The minimum atomic E-state index is -0.380. The van der Waals surface area contributed by atoms with E-state index in [0.29, 0.717) is 11.8 Å². The van der Waals surface area contributed by atoms with E-state index >= 15 is 0 Å². The van der Waals surface area contributed by atoms with E-state index in [2.05, 4.69) is 31.0 Å². The molecule has 0 spiro atoms. The average Bonchev–Trinajstić information content (AvgIpc) is 2.95. The van der Waals surface area contributed by atoms with Gasteiger partial charge in [0.15, 0.2) is 0 Å². The highest BCUT2D eigenvalue weighted by Crippen LogP contribution is 2.54. The van der Waals surface area contributed by atoms with Gasteiger partial charge in [0.2, 0.25) is 0 Å². The normalized spacial score (nSPS) is 31.7. The van der Waals surface area contributed by atoms with Gasteiger partial charge in [0.05, 0.1) is 11.1 Å². The second-order valence-corrected chi connectivity index (χ2v) is 8.68. The molecule has 1 unspecified atom stereocenters. The monoisotopic (exact) mass is 393 g/mol. The van der Waals surface area contributed by atoms with Crippen LogP contribution in [0.15, 0.2) is 48.7 Å². The number of hydrogen-bond acceptors (Lipinski definition) is 3. The van der Waals surface area contributed by atoms with Crippen molar-refractivity contribution in [1.82, 2.24) is 4.98 Å². The average molecular weight is 394 g/mol. The minimum absolute atomic E-state index is 0.0412. The van der Waals surface area contributed by atoms with Crippen LogP contribution < -0.4 is 0 Å². The van der Waals surface area contributed by atoms with Crippen molar-refractivity contribution in [2.75, 3.05) is 0 Å². The summed E-state index contributed by atoms with van der Waals surface area (Å²) in [5.41, 5.74) is 2.19. The number of carbonyl (C=O) groups is 1. The lowest BCUT2D eigenvalue weighted by molar-refractivity contribution is -0.148. The Kier molecular flexibility index (Phi) is 5.28. The highest BCUT2D eigenvalue weighted by atomic mass is 19.1. The number of ether oxygens (including phenoxy) is 1. The summed E-state index contributed by atoms with van der Waals surface area (Å²) in [6.07, 6.45) is 9.06. The number of carbonyl (C=O) groups excluding carboxylic acids is 1. The number of hydrogen-bond donors (Lipinski definition) is 0. The van der Waals surface area contributed by atoms with Gasteiger partial charge in [-0.15, -0.1) is 0 Å². The van der Waals surface area contributed by atoms with Crippen LogP contribution in [-0.2, 0) is 9.53 Å². The molecule has 1 saturated carbocycles. The quantitative estimate of drug-likeness (QED) is 0.607. The molecule has 5 atom stereocenters. The van der Waals surface area contributed by atoms with E-state index in [1.165, 1.54) is 12.1 Å². The first-order chi connectivity index (χ1) is 13.9. The Balaban J connectivity index is 1.57. The Hall–Kier alpha value is -2.49. The fraction of sp³-hybridized carbons (Fsp3) is 0.440. The predicted molar refractivity (Wildman–Crippen MR) is 112 cm³/mol. The summed E-state index contributed by atoms with van der Waals surface area (Å²) in [6, 6.07) is 10.5. The SMILES string of the molecule is CC[C@@H]1CCC2(C)C(=O)O[C@H](C)[C@H]2[C@H]1/C=C/c1ccc(-c2cccc(F)c2)cn1. The van der Waals surface area contributed by atoms with E-state index in [4.69, 9.17) is 4.74 Å². The Morgan fingerprint density at radius 2 is 2.10 bits per heavy atom. The fourth-order valence-corrected chi connectivity index (χ4v) is 5.31. The number of benzene rings is 1. The number of nitrogens with zero attached hydrogens (tertiary/aromatic N) is 1. The molecule has 152 valence electrons. The van der Waals surface area contributed by atoms with Crippen molar-refractivity contribution in [2.24, 2.45) is 23.2 Å². The van der Waals surface area contributed by atoms with Crippen molar-refractivity contribution in [2.45, 2.75) is 46.1 Å². The number of rotatable bonds is 4. The molecule has 3 nitrogen and oxygen atoms in total. The largest absolute Gasteiger partial charge is 0.462 e. The van der Waals surface area contributed by atoms with Crippen LogP contribution in [0, 0.1) is 29.0 Å². The Labute approximate surface area is 172 Å². The van der Waals surface area contributed by atoms with Gasteiger partial charge in [0.25, 0.3) is 0 Å². The maximum atomic E-state index is 13.5. The van der Waals surface area contributed by atoms with Crippen LogP contribution in [0.1, 0.15) is 45.7 Å². The first-order valence-corrected chi connectivity index (χ1v) is 10.5. The van der Waals surface area contributed by atoms with E-state index in [-0.39, 0.29) is 29.2 Å². The summed E-state index contributed by atoms with van der Waals surface area (Å²) in [5.74, 6) is 0.759. The third-order valence-corrected chi connectivity index (χ3v) is 6.95. The standard InChI is InChI=1S/C25H28FNO2/c1-4-17-12-13-25(3)23(16(2)29-24(25)28)22(17)11-10-21-9-8-19(15-27-21)18-6-5-7-20(26)14-18/h5-11,14-17,22-23H,4,12-13H2,1-3H3/b11-10+/t16-,17-,22+,23+,25?/m1/s1. The number of cyclic esters (lactones) is 1. The molecule has 4 rings (SSSR count). The number of aromatic nitrogens is 1. The zero-order chi connectivity index (χ0) is 20.6. The first kappa shape index (κ1) is 19.8. The van der Waals surface area contributed by atoms with E-state index in [9.17, 15) is 9.18 Å². The number of esters is 1. The predicted octanol–water partition coefficient (Wildman–Crippen LogP) is 5.90. The van der Waals surface area contributed by atoms with Gasteiger partial charge in [-0.1, -0.05) is 37.6 Å². The molecule has 2 aliphatic rings. The molecule has 1 saturated heterocycles. The molecular weight excluding hydrogens is 365 g/mol. The van der Waals surface area contributed by atoms with Crippen molar-refractivity contribution >= 4 is 12.0 Å². The van der Waals surface area contributed by atoms with Crippen LogP contribution in [0.2, 0.25) is 0 Å². The van der Waals surface area contributed by atoms with E-state index in [0.717, 1.165) is 36.1 Å². The molecule has 1 aliphatic carbocycles. The summed E-state index contributed by atoms with van der Waals surface area (Å²) >= 11 is 0. The van der Waals surface area contributed by atoms with Gasteiger partial charge in [0, 0.05) is 17.7 Å². The van der Waals surface area contributed by atoms with Gasteiger partial charge >= 0.3 is 5.97 Å². The summed E-state index contributed by atoms with van der Waals surface area (Å²) < 4.78 is 19.1. The summed E-state index contributed by atoms with van der Waals surface area (Å²) in [4.78, 5) is 17.0. The Morgan fingerprint density at radius 3 is 2.79 bits per heavy atom. The second-order valence-electron chi connectivity index (χ2n) is 8.68. The van der Waals surface area contributed by atoms with Gasteiger partial charge < -0.3 is 4.74 Å². The lowest BCUT2D eigenvalue weighted by Gasteiger charge is -2.43. The molecule has 2 heterocycles. The Bertz CT molecular complexity index is 923. The number of halogens is 1. The van der Waals surface area contributed by atoms with E-state index in [1.807, 2.05) is 25.1 Å². The smallest absolute Gasteiger partial charge is 0.312 e. The van der Waals surface area contributed by atoms with Gasteiger partial charge in [-0.25, -0.2) is 4.39 Å². The Morgan fingerprint density at radius 1 is 1.28 bits per heavy atom. The topological polar surface area (TPSA) is 39.2 Å². The van der Waals surface area contributed by atoms with Crippen LogP contribution in [0.5, 0.6) is 0 Å². The molecular formula is C25H28FNO2. The van der Waals surface area contributed by atoms with Crippen molar-refractivity contribution in [3.8, 4) is 11.1 Å². The first-order valence-electron chi connectivity index (χ1n) is 10.5. The lowest BCUT2D eigenvalue weighted by atomic mass is 9.58. The molecule has 2 aromatic rings. The molecule has 1 aromatic carbocycles. The van der Waals surface area contributed by atoms with Gasteiger partial charge in [0.1, 0.15) is 11.9 Å². The highest BCUT2D eigenvalue weighted by molar-refractivity contribution is 5.79. The molecule has 0 radical (unpaired) electrons. The second kappa shape index (κ2) is 7.74. The molecule has 0 N–H and O–H groups in total. The highest BCUT2D eigenvalue weighted by Gasteiger charge is 2.58. The number of pyridine rings is 1. The van der Waals surface area contributed by atoms with Crippen molar-refractivity contribution in [3.05, 3.63) is 60.2 Å². The molecule has 0 bridgehead atoms. The van der Waals surface area contributed by atoms with Gasteiger partial charge in [-0.05, 0) is 68.4 Å². The van der Waals surface area contributed by atoms with Crippen LogP contribution in [0.25, 0.3) is 17.2 Å². The third-order valence-electron chi connectivity index (χ3n) is 6.95. The molecule has 4 heteroatoms. The van der Waals surface area contributed by atoms with Crippen molar-refractivity contribution in [3.63, 3.8) is 0 Å². The lowest BCUT2D eigenvalue weighted by Crippen LogP contribution is -2.43. The van der Waals surface area contributed by atoms with Crippen molar-refractivity contribution in [1.29, 1.82) is 0 Å². The van der Waals surface area contributed by atoms with Gasteiger partial charge in [-0.3, -0.25) is 9.78 Å². The fourth-order valence-electron chi connectivity index (χ4n) is 5.31. The van der Waals surface area contributed by atoms with Gasteiger partial charge in [-0.2, -0.15) is 0 Å². The maximum Gasteiger partial charge on any atom is 0.312 e. The van der Waals surface area contributed by atoms with Crippen LogP contribution >= 0.6 is 0 Å². The maximum absolute atomic E-state index is 13.5. The number of allylic oxidation sites excluding steroid dienone is 1. The molecule has 1 aliphatic heterocycles. The van der Waals surface area contributed by atoms with Crippen LogP contribution in [-0.4, -0.2) is 17.1 Å². The van der Waals surface area contributed by atoms with Crippen molar-refractivity contribution < 1.29 is 13.9 Å². The third kappa shape index (κ3) is 3.61. The van der Waals surface area contributed by atoms with E-state index in [1.54, 1.807) is 12.3 Å². The molecule has 2 fully saturated rings. The summed E-state index contributed by atoms with van der Waals surface area (Å²) in [6.45, 7) is 6.32. The summed E-state index contributed by atoms with van der Waals surface area (Å²) in [7, 11) is 0. The summed E-state index contributed by atoms with van der Waals surface area (Å²) in [5, 5.41) is 0. The number of fused-ring (bicyclic) bond motifs is 1. The minimum Gasteiger partial charge on any atom is -0.462 e. The zero-order valence-electron chi connectivity index (χ0n) is 17.3. The molecule has 29 heavy (non-hydrogen) atoms. The van der Waals surface area contributed by atoms with Crippen LogP contribution in [0.3, 0.4) is 0 Å². The molecule has 1 aromatic heterocycles. The molecule has 0 amide bonds.